The predicted molar refractivity (Wildman–Crippen MR) is 84.6 cm³/mol. The molecule has 1 aromatic heterocycles. The maximum absolute atomic E-state index is 12.2. The number of carbonyl (C=O) groups is 2. The molecule has 0 unspecified atom stereocenters. The summed E-state index contributed by atoms with van der Waals surface area (Å²) < 4.78 is 5.35. The second-order valence-corrected chi connectivity index (χ2v) is 6.63. The molecule has 3 heterocycles. The maximum Gasteiger partial charge on any atom is 0.281 e. The van der Waals surface area contributed by atoms with Gasteiger partial charge in [0.15, 0.2) is 0 Å². The van der Waals surface area contributed by atoms with Crippen LogP contribution in [0.5, 0.6) is 0 Å². The molecule has 0 radical (unpaired) electrons. The Bertz CT molecular complexity index is 512. The first-order chi connectivity index (χ1) is 10.7. The number of piperazine rings is 1. The van der Waals surface area contributed by atoms with E-state index in [-0.39, 0.29) is 11.1 Å². The molecule has 0 spiro atoms. The van der Waals surface area contributed by atoms with E-state index in [9.17, 15) is 9.59 Å². The van der Waals surface area contributed by atoms with Gasteiger partial charge in [-0.1, -0.05) is 11.8 Å². The Morgan fingerprint density at radius 2 is 2.05 bits per heavy atom. The van der Waals surface area contributed by atoms with Gasteiger partial charge in [-0.25, -0.2) is 0 Å². The van der Waals surface area contributed by atoms with Crippen molar-refractivity contribution >= 4 is 22.9 Å². The molecule has 6 nitrogen and oxygen atoms in total. The lowest BCUT2D eigenvalue weighted by atomic mass is 10.2. The molecule has 0 aliphatic carbocycles. The Morgan fingerprint density at radius 3 is 2.68 bits per heavy atom. The molecule has 1 aromatic rings. The fourth-order valence-corrected chi connectivity index (χ4v) is 3.65. The van der Waals surface area contributed by atoms with Crippen LogP contribution in [0, 0.1) is 0 Å². The van der Waals surface area contributed by atoms with E-state index in [0.29, 0.717) is 13.0 Å². The molecule has 3 rings (SSSR count). The second kappa shape index (κ2) is 7.19. The molecule has 22 heavy (non-hydrogen) atoms. The third-order valence-corrected chi connectivity index (χ3v) is 5.02. The Hall–Kier alpha value is -1.47. The molecule has 2 saturated heterocycles. The number of hydrogen-bond acceptors (Lipinski definition) is 5. The van der Waals surface area contributed by atoms with Crippen LogP contribution in [-0.2, 0) is 11.3 Å². The Labute approximate surface area is 134 Å². The molecule has 7 heteroatoms. The number of hydrogen-bond donors (Lipinski definition) is 0. The first-order valence-corrected chi connectivity index (χ1v) is 8.65. The highest BCUT2D eigenvalue weighted by molar-refractivity contribution is 8.13. The molecular weight excluding hydrogens is 302 g/mol. The van der Waals surface area contributed by atoms with Gasteiger partial charge in [0.1, 0.15) is 5.76 Å². The van der Waals surface area contributed by atoms with Crippen molar-refractivity contribution in [1.82, 2.24) is 14.7 Å². The minimum absolute atomic E-state index is 0.107. The van der Waals surface area contributed by atoms with Crippen molar-refractivity contribution in [1.29, 1.82) is 0 Å². The van der Waals surface area contributed by atoms with Crippen LogP contribution in [-0.4, -0.2) is 70.9 Å². The van der Waals surface area contributed by atoms with E-state index in [1.165, 1.54) is 11.8 Å². The van der Waals surface area contributed by atoms with Gasteiger partial charge >= 0.3 is 0 Å². The van der Waals surface area contributed by atoms with Crippen molar-refractivity contribution in [3.05, 3.63) is 24.2 Å². The predicted octanol–water partition coefficient (Wildman–Crippen LogP) is 1.48. The summed E-state index contributed by atoms with van der Waals surface area (Å²) in [6, 6.07) is 3.87. The lowest BCUT2D eigenvalue weighted by Crippen LogP contribution is -2.48. The standard InChI is InChI=1S/C15H21N3O3S/c19-14(3-4-18-9-11-22-15(18)20)17-7-5-16(6-8-17)12-13-2-1-10-21-13/h1-2,10H,3-9,11-12H2. The zero-order chi connectivity index (χ0) is 15.4. The smallest absolute Gasteiger partial charge is 0.281 e. The second-order valence-electron chi connectivity index (χ2n) is 5.59. The van der Waals surface area contributed by atoms with Gasteiger partial charge in [0, 0.05) is 51.4 Å². The van der Waals surface area contributed by atoms with Crippen LogP contribution in [0.15, 0.2) is 22.8 Å². The fraction of sp³-hybridized carbons (Fsp3) is 0.600. The summed E-state index contributed by atoms with van der Waals surface area (Å²) in [7, 11) is 0. The minimum atomic E-state index is 0.107. The fourth-order valence-electron chi connectivity index (χ4n) is 2.80. The van der Waals surface area contributed by atoms with Gasteiger partial charge in [-0.3, -0.25) is 14.5 Å². The van der Waals surface area contributed by atoms with E-state index in [2.05, 4.69) is 4.90 Å². The highest BCUT2D eigenvalue weighted by atomic mass is 32.2. The van der Waals surface area contributed by atoms with Gasteiger partial charge in [0.25, 0.3) is 5.24 Å². The average molecular weight is 323 g/mol. The maximum atomic E-state index is 12.2. The number of thioether (sulfide) groups is 1. The zero-order valence-electron chi connectivity index (χ0n) is 12.6. The van der Waals surface area contributed by atoms with Crippen molar-refractivity contribution in [2.75, 3.05) is 45.0 Å². The zero-order valence-corrected chi connectivity index (χ0v) is 13.4. The van der Waals surface area contributed by atoms with E-state index in [1.54, 1.807) is 11.2 Å². The third-order valence-electron chi connectivity index (χ3n) is 4.13. The van der Waals surface area contributed by atoms with Crippen molar-refractivity contribution in [3.63, 3.8) is 0 Å². The molecule has 0 atom stereocenters. The van der Waals surface area contributed by atoms with E-state index in [1.807, 2.05) is 17.0 Å². The Balaban J connectivity index is 1.39. The van der Waals surface area contributed by atoms with Crippen LogP contribution >= 0.6 is 11.8 Å². The summed E-state index contributed by atoms with van der Waals surface area (Å²) in [5.41, 5.74) is 0. The number of nitrogens with zero attached hydrogens (tertiary/aromatic N) is 3. The van der Waals surface area contributed by atoms with Crippen molar-refractivity contribution < 1.29 is 14.0 Å². The lowest BCUT2D eigenvalue weighted by Gasteiger charge is -2.34. The third kappa shape index (κ3) is 3.84. The molecule has 2 amide bonds. The van der Waals surface area contributed by atoms with Crippen molar-refractivity contribution in [2.24, 2.45) is 0 Å². The van der Waals surface area contributed by atoms with Gasteiger partial charge in [-0.15, -0.1) is 0 Å². The Kier molecular flexibility index (Phi) is 5.04. The van der Waals surface area contributed by atoms with Crippen LogP contribution in [0.25, 0.3) is 0 Å². The summed E-state index contributed by atoms with van der Waals surface area (Å²) in [4.78, 5) is 29.7. The Morgan fingerprint density at radius 1 is 1.23 bits per heavy atom. The molecule has 2 fully saturated rings. The van der Waals surface area contributed by atoms with Crippen LogP contribution in [0.1, 0.15) is 12.2 Å². The highest BCUT2D eigenvalue weighted by Crippen LogP contribution is 2.17. The van der Waals surface area contributed by atoms with Crippen LogP contribution in [0.3, 0.4) is 0 Å². The van der Waals surface area contributed by atoms with E-state index < -0.39 is 0 Å². The summed E-state index contributed by atoms with van der Waals surface area (Å²) in [5.74, 6) is 1.96. The molecule has 2 aliphatic heterocycles. The highest BCUT2D eigenvalue weighted by Gasteiger charge is 2.25. The lowest BCUT2D eigenvalue weighted by molar-refractivity contribution is -0.133. The van der Waals surface area contributed by atoms with Gasteiger partial charge in [0.2, 0.25) is 5.91 Å². The monoisotopic (exact) mass is 323 g/mol. The minimum Gasteiger partial charge on any atom is -0.468 e. The van der Waals surface area contributed by atoms with Crippen molar-refractivity contribution in [2.45, 2.75) is 13.0 Å². The average Bonchev–Trinajstić information content (AvgIpc) is 3.17. The summed E-state index contributed by atoms with van der Waals surface area (Å²) in [6.07, 6.45) is 2.12. The number of rotatable bonds is 5. The molecule has 0 aromatic carbocycles. The molecule has 0 bridgehead atoms. The van der Waals surface area contributed by atoms with Gasteiger partial charge in [0.05, 0.1) is 12.8 Å². The first-order valence-electron chi connectivity index (χ1n) is 7.66. The molecule has 2 aliphatic rings. The first kappa shape index (κ1) is 15.4. The van der Waals surface area contributed by atoms with Crippen molar-refractivity contribution in [3.8, 4) is 0 Å². The van der Waals surface area contributed by atoms with Crippen LogP contribution < -0.4 is 0 Å². The van der Waals surface area contributed by atoms with Gasteiger partial charge in [-0.05, 0) is 12.1 Å². The van der Waals surface area contributed by atoms with Gasteiger partial charge < -0.3 is 14.2 Å². The molecule has 0 saturated carbocycles. The van der Waals surface area contributed by atoms with Crippen LogP contribution in [0.4, 0.5) is 4.79 Å². The number of furan rings is 1. The molecule has 0 N–H and O–H groups in total. The van der Waals surface area contributed by atoms with E-state index >= 15 is 0 Å². The number of amides is 2. The SMILES string of the molecule is O=C(CCN1CCSC1=O)N1CCN(Cc2ccco2)CC1. The number of carbonyl (C=O) groups excluding carboxylic acids is 2. The normalized spacial score (nSPS) is 19.9. The summed E-state index contributed by atoms with van der Waals surface area (Å²) in [6.45, 7) is 5.36. The molecule has 120 valence electrons. The summed E-state index contributed by atoms with van der Waals surface area (Å²) in [5, 5.41) is 0.107. The van der Waals surface area contributed by atoms with Crippen LogP contribution in [0.2, 0.25) is 0 Å². The topological polar surface area (TPSA) is 57.0 Å². The largest absolute Gasteiger partial charge is 0.468 e. The van der Waals surface area contributed by atoms with E-state index in [0.717, 1.165) is 50.8 Å². The summed E-state index contributed by atoms with van der Waals surface area (Å²) >= 11 is 1.34. The van der Waals surface area contributed by atoms with E-state index in [4.69, 9.17) is 4.42 Å². The quantitative estimate of drug-likeness (QED) is 0.821. The molecular formula is C15H21N3O3S. The van der Waals surface area contributed by atoms with Gasteiger partial charge in [-0.2, -0.15) is 0 Å².